The van der Waals surface area contributed by atoms with Crippen LogP contribution >= 0.6 is 0 Å². The Labute approximate surface area is 106 Å². The van der Waals surface area contributed by atoms with Crippen molar-refractivity contribution in [2.75, 3.05) is 0 Å². The molecule has 0 heterocycles. The van der Waals surface area contributed by atoms with Gasteiger partial charge in [-0.25, -0.2) is 0 Å². The van der Waals surface area contributed by atoms with Crippen molar-refractivity contribution < 1.29 is 53.9 Å². The van der Waals surface area contributed by atoms with E-state index in [1.807, 2.05) is 32.1 Å². The van der Waals surface area contributed by atoms with Crippen LogP contribution < -0.4 is 18.9 Å². The third kappa shape index (κ3) is 45.5. The Balaban J connectivity index is -0.0000000239. The van der Waals surface area contributed by atoms with E-state index >= 15 is 0 Å². The van der Waals surface area contributed by atoms with E-state index in [9.17, 15) is 0 Å². The molecule has 0 unspecified atom stereocenters. The summed E-state index contributed by atoms with van der Waals surface area (Å²) < 4.78 is 22.5. The van der Waals surface area contributed by atoms with Gasteiger partial charge in [0.15, 0.2) is 0 Å². The smallest absolute Gasteiger partial charge is 0.0312 e. The first-order chi connectivity index (χ1) is 5.50. The van der Waals surface area contributed by atoms with Crippen LogP contribution in [0.15, 0.2) is 0 Å². The van der Waals surface area contributed by atoms with Crippen LogP contribution in [-0.4, -0.2) is 0 Å². The molecule has 1 aliphatic carbocycles. The van der Waals surface area contributed by atoms with E-state index in [-0.39, 0.29) is 39.9 Å². The van der Waals surface area contributed by atoms with Gasteiger partial charge in [-0.05, 0) is 32.1 Å². The Kier molecular flexibility index (Phi) is 123. The van der Waals surface area contributed by atoms with E-state index in [1.54, 1.807) is 0 Å². The summed E-state index contributed by atoms with van der Waals surface area (Å²) in [7, 11) is 0. The zero-order chi connectivity index (χ0) is 9.54. The van der Waals surface area contributed by atoms with E-state index in [0.29, 0.717) is 0 Å². The zero-order valence-corrected chi connectivity index (χ0v) is 9.03. The Morgan fingerprint density at radius 2 is 0.615 bits per heavy atom. The average Bonchev–Trinajstić information content (AvgIpc) is 2.71. The van der Waals surface area contributed by atoms with Crippen molar-refractivity contribution >= 4 is 0 Å². The zero-order valence-electron chi connectivity index (χ0n) is 7.02. The van der Waals surface area contributed by atoms with Gasteiger partial charge >= 0.3 is 52.8 Å². The van der Waals surface area contributed by atoms with Crippen LogP contribution in [-0.2, 0) is 35.0 Å². The van der Waals surface area contributed by atoms with E-state index in [4.69, 9.17) is 14.0 Å². The van der Waals surface area contributed by atoms with Crippen molar-refractivity contribution in [3.8, 4) is 0 Å². The summed E-state index contributed by atoms with van der Waals surface area (Å²) in [5.74, 6) is 0. The van der Waals surface area contributed by atoms with Gasteiger partial charge in [-0.3, -0.25) is 0 Å². The van der Waals surface area contributed by atoms with Crippen molar-refractivity contribution in [1.82, 2.24) is 0 Å². The first kappa shape index (κ1) is 29.2. The first-order valence-electron chi connectivity index (χ1n) is 2.28. The molecule has 5 radical (unpaired) electrons. The minimum absolute atomic E-state index is 0. The number of hydrogen-bond acceptors (Lipinski definition) is 0. The van der Waals surface area contributed by atoms with Crippen LogP contribution in [0.3, 0.4) is 0 Å². The Bertz CT molecular complexity index is 85.8. The normalized spacial score (nSPS) is 9.69. The average molecular weight is 252 g/mol. The van der Waals surface area contributed by atoms with E-state index in [1.165, 1.54) is 0 Å². The van der Waals surface area contributed by atoms with Gasteiger partial charge in [-0.15, -0.1) is 0 Å². The Morgan fingerprint density at radius 3 is 0.692 bits per heavy atom. The molecule has 0 aromatic carbocycles. The summed E-state index contributed by atoms with van der Waals surface area (Å²) in [6.07, 6.45) is 10.0. The van der Waals surface area contributed by atoms with Crippen molar-refractivity contribution in [3.63, 3.8) is 0 Å². The number of rotatable bonds is 0. The molecular formula is C8H5LiMoO3+. The van der Waals surface area contributed by atoms with E-state index in [0.717, 1.165) is 0 Å². The third-order valence-corrected chi connectivity index (χ3v) is 0.556. The molecule has 0 spiro atoms. The standard InChI is InChI=1S/C5H5.3CO.Li.Mo/c1-2-4-5-3-1;3*1-2;;/h1-5H;;;;;/q;;;;+1;. The SMILES string of the molecule is [C-]#[O+].[C-]#[O+].[C-]#[O+].[CH]1[CH][CH][CH][CH]1.[Li+].[Mo]. The molecule has 0 aromatic rings. The fourth-order valence-electron chi connectivity index (χ4n) is 0.321. The second kappa shape index (κ2) is 54.6. The molecule has 1 aliphatic rings. The predicted molar refractivity (Wildman–Crippen MR) is 33.3 cm³/mol. The minimum Gasteiger partial charge on any atom is -0.0312 e. The molecule has 0 N–H and O–H groups in total. The van der Waals surface area contributed by atoms with Gasteiger partial charge in [0.2, 0.25) is 0 Å². The molecule has 1 fully saturated rings. The maximum absolute atomic E-state index is 7.50. The largest absolute Gasteiger partial charge is 1.00 e. The van der Waals surface area contributed by atoms with Gasteiger partial charge in [-0.1, -0.05) is 0 Å². The Morgan fingerprint density at radius 1 is 0.538 bits per heavy atom. The molecule has 1 rings (SSSR count). The topological polar surface area (TPSA) is 59.7 Å². The van der Waals surface area contributed by atoms with Gasteiger partial charge in [0.1, 0.15) is 0 Å². The fraction of sp³-hybridized carbons (Fsp3) is 0. The van der Waals surface area contributed by atoms with Gasteiger partial charge in [0.25, 0.3) is 0 Å². The molecule has 0 aliphatic heterocycles. The molecule has 5 heteroatoms. The minimum atomic E-state index is 0. The van der Waals surface area contributed by atoms with Crippen molar-refractivity contribution in [2.24, 2.45) is 0 Å². The molecule has 0 bridgehead atoms. The molecule has 61 valence electrons. The molecule has 3 nitrogen and oxygen atoms in total. The second-order valence-corrected chi connectivity index (χ2v) is 0.962. The summed E-state index contributed by atoms with van der Waals surface area (Å²) in [4.78, 5) is 0. The Hall–Kier alpha value is 0.506. The summed E-state index contributed by atoms with van der Waals surface area (Å²) in [6, 6.07) is 0. The summed E-state index contributed by atoms with van der Waals surface area (Å²) in [5.41, 5.74) is 0. The van der Waals surface area contributed by atoms with E-state index in [2.05, 4.69) is 20.0 Å². The number of hydrogen-bond donors (Lipinski definition) is 0. The van der Waals surface area contributed by atoms with Gasteiger partial charge in [0, 0.05) is 21.1 Å². The molecule has 13 heavy (non-hydrogen) atoms. The molecule has 0 amide bonds. The maximum atomic E-state index is 7.50. The van der Waals surface area contributed by atoms with Gasteiger partial charge < -0.3 is 0 Å². The molecule has 1 saturated carbocycles. The second-order valence-electron chi connectivity index (χ2n) is 0.962. The van der Waals surface area contributed by atoms with Crippen molar-refractivity contribution in [3.05, 3.63) is 52.1 Å². The monoisotopic (exact) mass is 254 g/mol. The van der Waals surface area contributed by atoms with Crippen LogP contribution in [0.4, 0.5) is 0 Å². The van der Waals surface area contributed by atoms with Crippen molar-refractivity contribution in [1.29, 1.82) is 0 Å². The summed E-state index contributed by atoms with van der Waals surface area (Å²) in [6.45, 7) is 13.5. The van der Waals surface area contributed by atoms with Crippen LogP contribution in [0.1, 0.15) is 0 Å². The third-order valence-electron chi connectivity index (χ3n) is 0.556. The van der Waals surface area contributed by atoms with Gasteiger partial charge in [-0.2, -0.15) is 0 Å². The maximum Gasteiger partial charge on any atom is 1.00 e. The van der Waals surface area contributed by atoms with Crippen LogP contribution in [0.25, 0.3) is 0 Å². The summed E-state index contributed by atoms with van der Waals surface area (Å²) >= 11 is 0. The molecular weight excluding hydrogens is 247 g/mol. The first-order valence-corrected chi connectivity index (χ1v) is 2.28. The quantitative estimate of drug-likeness (QED) is 0.270. The van der Waals surface area contributed by atoms with Crippen molar-refractivity contribution in [2.45, 2.75) is 0 Å². The summed E-state index contributed by atoms with van der Waals surface area (Å²) in [5, 5.41) is 0. The van der Waals surface area contributed by atoms with Crippen LogP contribution in [0, 0.1) is 52.1 Å². The van der Waals surface area contributed by atoms with Crippen LogP contribution in [0.5, 0.6) is 0 Å². The molecule has 0 atom stereocenters. The molecule has 0 saturated heterocycles. The fourth-order valence-corrected chi connectivity index (χ4v) is 0.321. The molecule has 0 aromatic heterocycles. The van der Waals surface area contributed by atoms with Crippen LogP contribution in [0.2, 0.25) is 0 Å². The van der Waals surface area contributed by atoms with E-state index < -0.39 is 0 Å². The predicted octanol–water partition coefficient (Wildman–Crippen LogP) is -2.09. The van der Waals surface area contributed by atoms with Gasteiger partial charge in [0.05, 0.1) is 0 Å².